The Morgan fingerprint density at radius 1 is 1.10 bits per heavy atom. The van der Waals surface area contributed by atoms with Gasteiger partial charge >= 0.3 is 11.6 Å². The zero-order valence-electron chi connectivity index (χ0n) is 17.3. The van der Waals surface area contributed by atoms with Crippen LogP contribution in [0, 0.1) is 20.8 Å². The number of hydrogen-bond acceptors (Lipinski definition) is 8. The Balaban J connectivity index is 1.53. The number of aryl methyl sites for hydroxylation is 3. The van der Waals surface area contributed by atoms with Gasteiger partial charge in [-0.2, -0.15) is 4.98 Å². The van der Waals surface area contributed by atoms with Crippen LogP contribution < -0.4 is 5.63 Å². The minimum absolute atomic E-state index is 0.0364. The summed E-state index contributed by atoms with van der Waals surface area (Å²) >= 11 is 1.41. The number of esters is 1. The van der Waals surface area contributed by atoms with E-state index in [1.54, 1.807) is 19.1 Å². The lowest BCUT2D eigenvalue weighted by Crippen LogP contribution is -2.09. The molecule has 158 valence electrons. The van der Waals surface area contributed by atoms with Crippen LogP contribution in [0.1, 0.15) is 38.8 Å². The van der Waals surface area contributed by atoms with Crippen LogP contribution in [0.2, 0.25) is 0 Å². The second-order valence-electron chi connectivity index (χ2n) is 7.12. The lowest BCUT2D eigenvalue weighted by atomic mass is 10.0. The van der Waals surface area contributed by atoms with Gasteiger partial charge in [-0.1, -0.05) is 17.3 Å². The van der Waals surface area contributed by atoms with Crippen LogP contribution in [-0.4, -0.2) is 16.1 Å². The number of carbonyl (C=O) groups excluding carboxylic acids is 1. The molecule has 0 aliphatic heterocycles. The van der Waals surface area contributed by atoms with E-state index in [1.165, 1.54) is 17.8 Å². The monoisotopic (exact) mass is 436 g/mol. The molecule has 2 aromatic heterocycles. The van der Waals surface area contributed by atoms with Crippen molar-refractivity contribution < 1.29 is 18.5 Å². The van der Waals surface area contributed by atoms with Crippen LogP contribution in [0.15, 0.2) is 61.1 Å². The summed E-state index contributed by atoms with van der Waals surface area (Å²) in [6.45, 7) is 5.64. The number of rotatable bonds is 6. The quantitative estimate of drug-likeness (QED) is 0.243. The molecule has 0 unspecified atom stereocenters. The normalized spacial score (nSPS) is 11.1. The third-order valence-electron chi connectivity index (χ3n) is 4.83. The molecule has 0 N–H and O–H groups in total. The third-order valence-corrected chi connectivity index (χ3v) is 5.89. The number of thioether (sulfide) groups is 1. The largest absolute Gasteiger partial charge is 0.457 e. The third kappa shape index (κ3) is 4.69. The van der Waals surface area contributed by atoms with E-state index < -0.39 is 11.6 Å². The molecule has 2 aromatic carbocycles. The summed E-state index contributed by atoms with van der Waals surface area (Å²) in [5.74, 6) is 1.01. The van der Waals surface area contributed by atoms with Crippen LogP contribution in [0.5, 0.6) is 0 Å². The average molecular weight is 436 g/mol. The second kappa shape index (κ2) is 8.77. The van der Waals surface area contributed by atoms with E-state index in [0.29, 0.717) is 34.2 Å². The van der Waals surface area contributed by atoms with E-state index >= 15 is 0 Å². The molecule has 4 rings (SSSR count). The Morgan fingerprint density at radius 2 is 1.87 bits per heavy atom. The second-order valence-corrected chi connectivity index (χ2v) is 8.14. The predicted octanol–water partition coefficient (Wildman–Crippen LogP) is 4.75. The Bertz CT molecular complexity index is 1330. The van der Waals surface area contributed by atoms with Crippen molar-refractivity contribution in [2.45, 2.75) is 38.0 Å². The van der Waals surface area contributed by atoms with Crippen molar-refractivity contribution in [1.82, 2.24) is 10.1 Å². The van der Waals surface area contributed by atoms with Crippen molar-refractivity contribution >= 4 is 28.7 Å². The Labute approximate surface area is 182 Å². The standard InChI is InChI=1S/C23H20N2O5S/c1-13-8-18-16(10-22(26)29-19(18)9-14(13)2)11-28-23(27)17-6-4-5-7-20(17)31-12-21-24-15(3)25-30-21/h4-10H,11-12H2,1-3H3. The highest BCUT2D eigenvalue weighted by Gasteiger charge is 2.16. The molecule has 0 bridgehead atoms. The lowest BCUT2D eigenvalue weighted by molar-refractivity contribution is 0.0469. The molecule has 8 heteroatoms. The Hall–Kier alpha value is -3.39. The maximum atomic E-state index is 12.8. The fourth-order valence-electron chi connectivity index (χ4n) is 3.12. The molecule has 0 atom stereocenters. The van der Waals surface area contributed by atoms with Gasteiger partial charge in [0.1, 0.15) is 12.2 Å². The van der Waals surface area contributed by atoms with Crippen molar-refractivity contribution in [3.63, 3.8) is 0 Å². The minimum atomic E-state index is -0.479. The van der Waals surface area contributed by atoms with Crippen molar-refractivity contribution in [2.24, 2.45) is 0 Å². The van der Waals surface area contributed by atoms with Gasteiger partial charge in [0.25, 0.3) is 0 Å². The van der Waals surface area contributed by atoms with E-state index in [2.05, 4.69) is 10.1 Å². The van der Waals surface area contributed by atoms with Gasteiger partial charge in [0.15, 0.2) is 5.82 Å². The smallest absolute Gasteiger partial charge is 0.339 e. The summed E-state index contributed by atoms with van der Waals surface area (Å²) < 4.78 is 16.0. The van der Waals surface area contributed by atoms with Gasteiger partial charge in [0.2, 0.25) is 5.89 Å². The topological polar surface area (TPSA) is 95.4 Å². The maximum absolute atomic E-state index is 12.8. The number of carbonyl (C=O) groups is 1. The van der Waals surface area contributed by atoms with Gasteiger partial charge in [-0.3, -0.25) is 0 Å². The molecule has 0 aliphatic carbocycles. The van der Waals surface area contributed by atoms with Crippen molar-refractivity contribution in [2.75, 3.05) is 0 Å². The highest BCUT2D eigenvalue weighted by molar-refractivity contribution is 7.98. The van der Waals surface area contributed by atoms with Gasteiger partial charge in [0.05, 0.1) is 11.3 Å². The van der Waals surface area contributed by atoms with E-state index in [1.807, 2.05) is 38.1 Å². The highest BCUT2D eigenvalue weighted by atomic mass is 32.2. The van der Waals surface area contributed by atoms with Crippen molar-refractivity contribution in [1.29, 1.82) is 0 Å². The molecular formula is C23H20N2O5S. The number of fused-ring (bicyclic) bond motifs is 1. The van der Waals surface area contributed by atoms with Crippen LogP contribution in [-0.2, 0) is 17.1 Å². The summed E-state index contributed by atoms with van der Waals surface area (Å²) in [7, 11) is 0. The van der Waals surface area contributed by atoms with Gasteiger partial charge < -0.3 is 13.7 Å². The Kier molecular flexibility index (Phi) is 5.90. The molecule has 0 spiro atoms. The van der Waals surface area contributed by atoms with E-state index in [-0.39, 0.29) is 6.61 Å². The number of benzene rings is 2. The first-order valence-corrected chi connectivity index (χ1v) is 10.6. The first-order chi connectivity index (χ1) is 14.9. The molecule has 31 heavy (non-hydrogen) atoms. The fraction of sp³-hybridized carbons (Fsp3) is 0.217. The van der Waals surface area contributed by atoms with Crippen molar-refractivity contribution in [3.8, 4) is 0 Å². The Morgan fingerprint density at radius 3 is 2.65 bits per heavy atom. The molecule has 4 aromatic rings. The molecule has 7 nitrogen and oxygen atoms in total. The highest BCUT2D eigenvalue weighted by Crippen LogP contribution is 2.27. The summed E-state index contributed by atoms with van der Waals surface area (Å²) in [5, 5.41) is 4.52. The van der Waals surface area contributed by atoms with Gasteiger partial charge in [-0.15, -0.1) is 11.8 Å². The molecule has 0 aliphatic rings. The minimum Gasteiger partial charge on any atom is -0.457 e. The van der Waals surface area contributed by atoms with Crippen LogP contribution in [0.25, 0.3) is 11.0 Å². The van der Waals surface area contributed by atoms with E-state index in [9.17, 15) is 9.59 Å². The number of nitrogens with zero attached hydrogens (tertiary/aromatic N) is 2. The lowest BCUT2D eigenvalue weighted by Gasteiger charge is -2.11. The number of aromatic nitrogens is 2. The summed E-state index contributed by atoms with van der Waals surface area (Å²) in [4.78, 5) is 29.7. The molecule has 0 saturated carbocycles. The predicted molar refractivity (Wildman–Crippen MR) is 116 cm³/mol. The fourth-order valence-corrected chi connectivity index (χ4v) is 4.00. The number of ether oxygens (including phenoxy) is 1. The molecule has 0 fully saturated rings. The van der Waals surface area contributed by atoms with E-state index in [4.69, 9.17) is 13.7 Å². The van der Waals surface area contributed by atoms with Crippen molar-refractivity contribution in [3.05, 3.63) is 86.9 Å². The molecule has 2 heterocycles. The van der Waals surface area contributed by atoms with Gasteiger partial charge in [0, 0.05) is 21.9 Å². The molecular weight excluding hydrogens is 416 g/mol. The van der Waals surface area contributed by atoms with Crippen LogP contribution in [0.3, 0.4) is 0 Å². The van der Waals surface area contributed by atoms with Gasteiger partial charge in [-0.25, -0.2) is 9.59 Å². The SMILES string of the molecule is Cc1noc(CSc2ccccc2C(=O)OCc2cc(=O)oc3cc(C)c(C)cc23)n1. The molecule has 0 amide bonds. The summed E-state index contributed by atoms with van der Waals surface area (Å²) in [6, 6.07) is 12.3. The van der Waals surface area contributed by atoms with Crippen LogP contribution in [0.4, 0.5) is 0 Å². The first kappa shape index (κ1) is 20.9. The maximum Gasteiger partial charge on any atom is 0.339 e. The first-order valence-electron chi connectivity index (χ1n) is 9.63. The van der Waals surface area contributed by atoms with Gasteiger partial charge in [-0.05, 0) is 56.2 Å². The zero-order chi connectivity index (χ0) is 22.0. The van der Waals surface area contributed by atoms with Crippen LogP contribution >= 0.6 is 11.8 Å². The van der Waals surface area contributed by atoms with E-state index in [0.717, 1.165) is 21.4 Å². The average Bonchev–Trinajstić information content (AvgIpc) is 3.17. The summed E-state index contributed by atoms with van der Waals surface area (Å²) in [6.07, 6.45) is 0. The molecule has 0 saturated heterocycles. The zero-order valence-corrected chi connectivity index (χ0v) is 18.1. The number of hydrogen-bond donors (Lipinski definition) is 0. The molecule has 0 radical (unpaired) electrons. The summed E-state index contributed by atoms with van der Waals surface area (Å²) in [5.41, 5.74) is 3.12.